The van der Waals surface area contributed by atoms with Crippen LogP contribution in [0.15, 0.2) is 53.4 Å². The Balaban J connectivity index is 1.49. The van der Waals surface area contributed by atoms with Gasteiger partial charge in [0.1, 0.15) is 0 Å². The number of benzene rings is 2. The summed E-state index contributed by atoms with van der Waals surface area (Å²) >= 11 is 0. The standard InChI is InChI=1S/C23H24F3N3O4S/c24-23(25,26)17-2-1-3-20(14-17)34(32,33)29(18-8-9-18)19-10-12-28(13-11-19)22(31)16-6-4-15(5-7-16)21(27)30/h1-7,14,18-19H,8-13H2,(H2,27,30). The van der Waals surface area contributed by atoms with Crippen LogP contribution in [-0.4, -0.2) is 54.6 Å². The number of sulfonamides is 1. The third-order valence-corrected chi connectivity index (χ3v) is 8.17. The largest absolute Gasteiger partial charge is 0.416 e. The molecule has 2 fully saturated rings. The number of amides is 2. The molecule has 2 aliphatic rings. The van der Waals surface area contributed by atoms with Crippen molar-refractivity contribution in [1.29, 1.82) is 0 Å². The molecule has 1 saturated carbocycles. The van der Waals surface area contributed by atoms with Gasteiger partial charge in [0.15, 0.2) is 0 Å². The lowest BCUT2D eigenvalue weighted by Gasteiger charge is -2.38. The third kappa shape index (κ3) is 4.95. The molecule has 0 bridgehead atoms. The van der Waals surface area contributed by atoms with E-state index in [1.165, 1.54) is 34.6 Å². The van der Waals surface area contributed by atoms with Crippen LogP contribution >= 0.6 is 0 Å². The second-order valence-electron chi connectivity index (χ2n) is 8.56. The van der Waals surface area contributed by atoms with Gasteiger partial charge >= 0.3 is 6.18 Å². The van der Waals surface area contributed by atoms with E-state index in [0.29, 0.717) is 50.4 Å². The van der Waals surface area contributed by atoms with Crippen molar-refractivity contribution in [3.8, 4) is 0 Å². The molecule has 1 aliphatic carbocycles. The topological polar surface area (TPSA) is 101 Å². The van der Waals surface area contributed by atoms with Crippen LogP contribution < -0.4 is 5.73 Å². The number of nitrogens with two attached hydrogens (primary N) is 1. The zero-order valence-corrected chi connectivity index (χ0v) is 19.0. The molecule has 7 nitrogen and oxygen atoms in total. The van der Waals surface area contributed by atoms with E-state index in [0.717, 1.165) is 12.1 Å². The molecule has 0 atom stereocenters. The van der Waals surface area contributed by atoms with Gasteiger partial charge in [-0.05, 0) is 68.1 Å². The second kappa shape index (κ2) is 9.03. The monoisotopic (exact) mass is 495 g/mol. The van der Waals surface area contributed by atoms with Gasteiger partial charge in [-0.25, -0.2) is 8.42 Å². The van der Waals surface area contributed by atoms with Gasteiger partial charge in [-0.15, -0.1) is 0 Å². The minimum absolute atomic E-state index is 0.242. The molecule has 2 aromatic rings. The lowest BCUT2D eigenvalue weighted by atomic mass is 10.0. The molecule has 2 N–H and O–H groups in total. The Kier molecular flexibility index (Phi) is 6.43. The molecule has 0 spiro atoms. The summed E-state index contributed by atoms with van der Waals surface area (Å²) in [5.41, 5.74) is 4.89. The maximum atomic E-state index is 13.4. The highest BCUT2D eigenvalue weighted by atomic mass is 32.2. The number of hydrogen-bond acceptors (Lipinski definition) is 4. The summed E-state index contributed by atoms with van der Waals surface area (Å²) in [6, 6.07) is 9.14. The predicted molar refractivity (Wildman–Crippen MR) is 117 cm³/mol. The fourth-order valence-electron chi connectivity index (χ4n) is 4.26. The van der Waals surface area contributed by atoms with Crippen molar-refractivity contribution >= 4 is 21.8 Å². The fourth-order valence-corrected chi connectivity index (χ4v) is 6.23. The number of piperidine rings is 1. The number of carbonyl (C=O) groups excluding carboxylic acids is 2. The van der Waals surface area contributed by atoms with Crippen LogP contribution in [0, 0.1) is 0 Å². The fraction of sp³-hybridized carbons (Fsp3) is 0.391. The van der Waals surface area contributed by atoms with Gasteiger partial charge in [0.2, 0.25) is 15.9 Å². The molecule has 2 amide bonds. The smallest absolute Gasteiger partial charge is 0.366 e. The number of likely N-dealkylation sites (tertiary alicyclic amines) is 1. The van der Waals surface area contributed by atoms with Crippen molar-refractivity contribution in [2.24, 2.45) is 5.73 Å². The Morgan fingerprint density at radius 2 is 1.47 bits per heavy atom. The zero-order chi connectivity index (χ0) is 24.7. The van der Waals surface area contributed by atoms with E-state index in [4.69, 9.17) is 5.73 Å². The van der Waals surface area contributed by atoms with Crippen LogP contribution in [0.1, 0.15) is 52.0 Å². The van der Waals surface area contributed by atoms with Crippen LogP contribution in [0.4, 0.5) is 13.2 Å². The zero-order valence-electron chi connectivity index (χ0n) is 18.2. The summed E-state index contributed by atoms with van der Waals surface area (Å²) in [6.45, 7) is 0.616. The lowest BCUT2D eigenvalue weighted by molar-refractivity contribution is -0.137. The van der Waals surface area contributed by atoms with Crippen molar-refractivity contribution in [2.75, 3.05) is 13.1 Å². The van der Waals surface area contributed by atoms with Gasteiger partial charge in [0.05, 0.1) is 10.5 Å². The molecule has 2 aromatic carbocycles. The first kappa shape index (κ1) is 24.2. The highest BCUT2D eigenvalue weighted by Gasteiger charge is 2.44. The minimum atomic E-state index is -4.64. The quantitative estimate of drug-likeness (QED) is 0.665. The Labute approximate surface area is 195 Å². The normalized spacial score (nSPS) is 17.7. The van der Waals surface area contributed by atoms with Gasteiger partial charge in [-0.1, -0.05) is 6.07 Å². The Hall–Kier alpha value is -2.92. The van der Waals surface area contributed by atoms with Crippen molar-refractivity contribution in [2.45, 2.75) is 48.8 Å². The number of carbonyl (C=O) groups is 2. The highest BCUT2D eigenvalue weighted by molar-refractivity contribution is 7.89. The lowest BCUT2D eigenvalue weighted by Crippen LogP contribution is -2.49. The van der Waals surface area contributed by atoms with Gasteiger partial charge < -0.3 is 10.6 Å². The Morgan fingerprint density at radius 1 is 0.912 bits per heavy atom. The molecule has 4 rings (SSSR count). The molecular weight excluding hydrogens is 471 g/mol. The first-order valence-electron chi connectivity index (χ1n) is 10.9. The third-order valence-electron chi connectivity index (χ3n) is 6.17. The molecule has 0 unspecified atom stereocenters. The number of rotatable bonds is 6. The van der Waals surface area contributed by atoms with Crippen molar-refractivity contribution < 1.29 is 31.2 Å². The van der Waals surface area contributed by atoms with E-state index >= 15 is 0 Å². The van der Waals surface area contributed by atoms with E-state index in [-0.39, 0.29) is 22.4 Å². The maximum absolute atomic E-state index is 13.4. The van der Waals surface area contributed by atoms with Crippen LogP contribution in [0.5, 0.6) is 0 Å². The first-order chi connectivity index (χ1) is 16.0. The van der Waals surface area contributed by atoms with E-state index in [2.05, 4.69) is 0 Å². The maximum Gasteiger partial charge on any atom is 0.416 e. The van der Waals surface area contributed by atoms with Gasteiger partial charge in [-0.2, -0.15) is 17.5 Å². The summed E-state index contributed by atoms with van der Waals surface area (Å²) in [5.74, 6) is -0.838. The molecular formula is C23H24F3N3O4S. The van der Waals surface area contributed by atoms with Crippen LogP contribution in [0.3, 0.4) is 0 Å². The molecule has 182 valence electrons. The summed E-state index contributed by atoms with van der Waals surface area (Å²) in [7, 11) is -4.14. The van der Waals surface area contributed by atoms with Crippen molar-refractivity contribution in [3.63, 3.8) is 0 Å². The number of primary amides is 1. The molecule has 11 heteroatoms. The SMILES string of the molecule is NC(=O)c1ccc(C(=O)N2CCC(N(C3CC3)S(=O)(=O)c3cccc(C(F)(F)F)c3)CC2)cc1. The van der Waals surface area contributed by atoms with Crippen molar-refractivity contribution in [1.82, 2.24) is 9.21 Å². The second-order valence-corrected chi connectivity index (χ2v) is 10.4. The number of halogens is 3. The van der Waals surface area contributed by atoms with Gasteiger partial charge in [-0.3, -0.25) is 9.59 Å². The van der Waals surface area contributed by atoms with Crippen LogP contribution in [0.25, 0.3) is 0 Å². The Morgan fingerprint density at radius 3 is 2.00 bits per heavy atom. The molecule has 0 radical (unpaired) electrons. The predicted octanol–water partition coefficient (Wildman–Crippen LogP) is 3.26. The van der Waals surface area contributed by atoms with E-state index in [1.807, 2.05) is 0 Å². The highest BCUT2D eigenvalue weighted by Crippen LogP contribution is 2.38. The first-order valence-corrected chi connectivity index (χ1v) is 12.3. The summed E-state index contributed by atoms with van der Waals surface area (Å²) in [5, 5.41) is 0. The summed E-state index contributed by atoms with van der Waals surface area (Å²) in [6.07, 6.45) is -2.58. The van der Waals surface area contributed by atoms with Gasteiger partial charge in [0.25, 0.3) is 5.91 Å². The van der Waals surface area contributed by atoms with E-state index in [1.54, 1.807) is 4.90 Å². The summed E-state index contributed by atoms with van der Waals surface area (Å²) < 4.78 is 67.5. The minimum Gasteiger partial charge on any atom is -0.366 e. The van der Waals surface area contributed by atoms with E-state index in [9.17, 15) is 31.2 Å². The molecule has 1 saturated heterocycles. The Bertz CT molecular complexity index is 1190. The van der Waals surface area contributed by atoms with Gasteiger partial charge in [0, 0.05) is 36.3 Å². The average Bonchev–Trinajstić information content (AvgIpc) is 3.63. The summed E-state index contributed by atoms with van der Waals surface area (Å²) in [4.78, 5) is 25.3. The average molecular weight is 496 g/mol. The number of nitrogens with zero attached hydrogens (tertiary/aromatic N) is 2. The molecule has 1 aliphatic heterocycles. The van der Waals surface area contributed by atoms with Crippen molar-refractivity contribution in [3.05, 3.63) is 65.2 Å². The molecule has 34 heavy (non-hydrogen) atoms. The van der Waals surface area contributed by atoms with Crippen LogP contribution in [0.2, 0.25) is 0 Å². The number of hydrogen-bond donors (Lipinski definition) is 1. The molecule has 0 aromatic heterocycles. The molecule has 1 heterocycles. The number of alkyl halides is 3. The van der Waals surface area contributed by atoms with Crippen LogP contribution in [-0.2, 0) is 16.2 Å². The van der Waals surface area contributed by atoms with E-state index < -0.39 is 33.7 Å².